The number of benzene rings is 1. The van der Waals surface area contributed by atoms with Gasteiger partial charge in [-0.15, -0.1) is 0 Å². The molecule has 1 amide bonds. The van der Waals surface area contributed by atoms with Crippen LogP contribution in [0.3, 0.4) is 0 Å². The first-order chi connectivity index (χ1) is 12.0. The highest BCUT2D eigenvalue weighted by Gasteiger charge is 2.37. The molecule has 0 bridgehead atoms. The molecule has 2 fully saturated rings. The van der Waals surface area contributed by atoms with E-state index in [9.17, 15) is 14.0 Å². The Morgan fingerprint density at radius 3 is 2.52 bits per heavy atom. The predicted molar refractivity (Wildman–Crippen MR) is 87.1 cm³/mol. The Balaban J connectivity index is 1.57. The number of rotatable bonds is 4. The van der Waals surface area contributed by atoms with Crippen LogP contribution in [0.4, 0.5) is 4.39 Å². The lowest BCUT2D eigenvalue weighted by Gasteiger charge is -2.34. The molecule has 2 aliphatic heterocycles. The van der Waals surface area contributed by atoms with Gasteiger partial charge in [0.2, 0.25) is 0 Å². The molecule has 0 aliphatic carbocycles. The SMILES string of the molecule is COc1ccc(C(=O)N2CCC([C@@H]3CC[C@H](C(=O)O)O3)CC2)c(F)c1. The van der Waals surface area contributed by atoms with Crippen LogP contribution in [-0.4, -0.2) is 54.3 Å². The van der Waals surface area contributed by atoms with Crippen molar-refractivity contribution in [1.82, 2.24) is 4.90 Å². The minimum absolute atomic E-state index is 0.0438. The molecule has 2 saturated heterocycles. The quantitative estimate of drug-likeness (QED) is 0.901. The van der Waals surface area contributed by atoms with Crippen LogP contribution in [0.15, 0.2) is 18.2 Å². The fourth-order valence-electron chi connectivity index (χ4n) is 3.63. The zero-order valence-corrected chi connectivity index (χ0v) is 14.1. The Labute approximate surface area is 145 Å². The van der Waals surface area contributed by atoms with Gasteiger partial charge in [0.25, 0.3) is 5.91 Å². The van der Waals surface area contributed by atoms with Crippen molar-refractivity contribution in [2.24, 2.45) is 5.92 Å². The maximum absolute atomic E-state index is 14.1. The van der Waals surface area contributed by atoms with E-state index in [0.717, 1.165) is 19.3 Å². The topological polar surface area (TPSA) is 76.1 Å². The number of halogens is 1. The fourth-order valence-corrected chi connectivity index (χ4v) is 3.63. The van der Waals surface area contributed by atoms with Crippen molar-refractivity contribution in [3.63, 3.8) is 0 Å². The molecule has 136 valence electrons. The first-order valence-corrected chi connectivity index (χ1v) is 8.50. The normalized spacial score (nSPS) is 24.3. The Morgan fingerprint density at radius 1 is 1.24 bits per heavy atom. The summed E-state index contributed by atoms with van der Waals surface area (Å²) in [4.78, 5) is 25.2. The number of likely N-dealkylation sites (tertiary alicyclic amines) is 1. The van der Waals surface area contributed by atoms with E-state index in [-0.39, 0.29) is 23.5 Å². The van der Waals surface area contributed by atoms with E-state index in [1.165, 1.54) is 19.2 Å². The number of carbonyl (C=O) groups is 2. The molecule has 2 aliphatic rings. The van der Waals surface area contributed by atoms with Gasteiger partial charge in [-0.05, 0) is 43.7 Å². The highest BCUT2D eigenvalue weighted by molar-refractivity contribution is 5.94. The Hall–Kier alpha value is -2.15. The lowest BCUT2D eigenvalue weighted by molar-refractivity contribution is -0.150. The van der Waals surface area contributed by atoms with Crippen LogP contribution in [0, 0.1) is 11.7 Å². The van der Waals surface area contributed by atoms with Gasteiger partial charge in [0.1, 0.15) is 11.6 Å². The Kier molecular flexibility index (Phi) is 5.22. The second kappa shape index (κ2) is 7.39. The molecular weight excluding hydrogens is 329 g/mol. The van der Waals surface area contributed by atoms with Gasteiger partial charge in [-0.25, -0.2) is 9.18 Å². The van der Waals surface area contributed by atoms with E-state index in [1.807, 2.05) is 0 Å². The van der Waals surface area contributed by atoms with Gasteiger partial charge in [0.15, 0.2) is 6.10 Å². The summed E-state index contributed by atoms with van der Waals surface area (Å²) < 4.78 is 24.6. The summed E-state index contributed by atoms with van der Waals surface area (Å²) in [5.74, 6) is -1.21. The molecule has 7 heteroatoms. The van der Waals surface area contributed by atoms with Crippen molar-refractivity contribution in [2.75, 3.05) is 20.2 Å². The molecule has 1 N–H and O–H groups in total. The van der Waals surface area contributed by atoms with Gasteiger partial charge >= 0.3 is 5.97 Å². The van der Waals surface area contributed by atoms with Gasteiger partial charge in [-0.3, -0.25) is 4.79 Å². The van der Waals surface area contributed by atoms with Crippen LogP contribution >= 0.6 is 0 Å². The second-order valence-corrected chi connectivity index (χ2v) is 6.55. The smallest absolute Gasteiger partial charge is 0.332 e. The molecule has 1 aromatic rings. The van der Waals surface area contributed by atoms with Crippen molar-refractivity contribution >= 4 is 11.9 Å². The van der Waals surface area contributed by atoms with E-state index >= 15 is 0 Å². The van der Waals surface area contributed by atoms with E-state index in [0.29, 0.717) is 25.3 Å². The van der Waals surface area contributed by atoms with Crippen molar-refractivity contribution < 1.29 is 28.6 Å². The number of ether oxygens (including phenoxy) is 2. The lowest BCUT2D eigenvalue weighted by atomic mass is 9.89. The summed E-state index contributed by atoms with van der Waals surface area (Å²) in [5, 5.41) is 9.01. The molecular formula is C18H22FNO5. The minimum Gasteiger partial charge on any atom is -0.497 e. The molecule has 0 aromatic heterocycles. The molecule has 0 radical (unpaired) electrons. The van der Waals surface area contributed by atoms with Crippen molar-refractivity contribution in [3.8, 4) is 5.75 Å². The number of piperidine rings is 1. The summed E-state index contributed by atoms with van der Waals surface area (Å²) in [5.41, 5.74) is 0.0438. The molecule has 6 nitrogen and oxygen atoms in total. The van der Waals surface area contributed by atoms with Crippen LogP contribution in [0.5, 0.6) is 5.75 Å². The summed E-state index contributed by atoms with van der Waals surface area (Å²) >= 11 is 0. The maximum atomic E-state index is 14.1. The number of methoxy groups -OCH3 is 1. The van der Waals surface area contributed by atoms with Gasteiger partial charge in [0.05, 0.1) is 18.8 Å². The van der Waals surface area contributed by atoms with Crippen molar-refractivity contribution in [1.29, 1.82) is 0 Å². The number of hydrogen-bond donors (Lipinski definition) is 1. The van der Waals surface area contributed by atoms with Gasteiger partial charge in [0, 0.05) is 19.2 Å². The number of hydrogen-bond acceptors (Lipinski definition) is 4. The first-order valence-electron chi connectivity index (χ1n) is 8.50. The molecule has 3 rings (SSSR count). The molecule has 1 aromatic carbocycles. The zero-order chi connectivity index (χ0) is 18.0. The van der Waals surface area contributed by atoms with Gasteiger partial charge in [-0.2, -0.15) is 0 Å². The third-order valence-electron chi connectivity index (χ3n) is 5.09. The number of carbonyl (C=O) groups excluding carboxylic acids is 1. The summed E-state index contributed by atoms with van der Waals surface area (Å²) in [7, 11) is 1.45. The van der Waals surface area contributed by atoms with Gasteiger partial charge < -0.3 is 19.5 Å². The van der Waals surface area contributed by atoms with Crippen LogP contribution in [0.1, 0.15) is 36.0 Å². The molecule has 0 unspecified atom stereocenters. The average Bonchev–Trinajstić information content (AvgIpc) is 3.11. The first kappa shape index (κ1) is 17.7. The lowest BCUT2D eigenvalue weighted by Crippen LogP contribution is -2.41. The number of carboxylic acids is 1. The molecule has 0 saturated carbocycles. The summed E-state index contributed by atoms with van der Waals surface area (Å²) in [6, 6.07) is 4.22. The van der Waals surface area contributed by atoms with E-state index in [1.54, 1.807) is 11.0 Å². The average molecular weight is 351 g/mol. The van der Waals surface area contributed by atoms with E-state index in [4.69, 9.17) is 14.6 Å². The third-order valence-corrected chi connectivity index (χ3v) is 5.09. The van der Waals surface area contributed by atoms with E-state index < -0.39 is 17.9 Å². The highest BCUT2D eigenvalue weighted by atomic mass is 19.1. The van der Waals surface area contributed by atoms with Gasteiger partial charge in [-0.1, -0.05) is 0 Å². The number of aliphatic carboxylic acids is 1. The number of amides is 1. The van der Waals surface area contributed by atoms with Crippen LogP contribution in [0.25, 0.3) is 0 Å². The molecule has 2 heterocycles. The highest BCUT2D eigenvalue weighted by Crippen LogP contribution is 2.32. The predicted octanol–water partition coefficient (Wildman–Crippen LogP) is 2.32. The zero-order valence-electron chi connectivity index (χ0n) is 14.1. The number of carboxylic acid groups (broad SMARTS) is 1. The molecule has 25 heavy (non-hydrogen) atoms. The summed E-state index contributed by atoms with van der Waals surface area (Å²) in [6.07, 6.45) is 1.98. The van der Waals surface area contributed by atoms with Crippen molar-refractivity contribution in [2.45, 2.75) is 37.9 Å². The van der Waals surface area contributed by atoms with Crippen LogP contribution in [-0.2, 0) is 9.53 Å². The number of nitrogens with zero attached hydrogens (tertiary/aromatic N) is 1. The fraction of sp³-hybridized carbons (Fsp3) is 0.556. The summed E-state index contributed by atoms with van der Waals surface area (Å²) in [6.45, 7) is 1.04. The minimum atomic E-state index is -0.912. The van der Waals surface area contributed by atoms with Crippen LogP contribution in [0.2, 0.25) is 0 Å². The molecule has 2 atom stereocenters. The van der Waals surface area contributed by atoms with Crippen LogP contribution < -0.4 is 4.74 Å². The third kappa shape index (κ3) is 3.76. The Bertz CT molecular complexity index is 657. The van der Waals surface area contributed by atoms with Crippen molar-refractivity contribution in [3.05, 3.63) is 29.6 Å². The Morgan fingerprint density at radius 2 is 1.96 bits per heavy atom. The molecule has 0 spiro atoms. The standard InChI is InChI=1S/C18H22FNO5/c1-24-12-2-3-13(14(19)10-12)17(21)20-8-6-11(7-9-20)15-4-5-16(25-15)18(22)23/h2-3,10-11,15-16H,4-9H2,1H3,(H,22,23)/t15-,16+/m0/s1. The van der Waals surface area contributed by atoms with E-state index in [2.05, 4.69) is 0 Å². The monoisotopic (exact) mass is 351 g/mol. The maximum Gasteiger partial charge on any atom is 0.332 e. The second-order valence-electron chi connectivity index (χ2n) is 6.55. The largest absolute Gasteiger partial charge is 0.497 e.